The van der Waals surface area contributed by atoms with Crippen molar-refractivity contribution in [3.05, 3.63) is 57.3 Å². The van der Waals surface area contributed by atoms with Crippen molar-refractivity contribution in [1.82, 2.24) is 5.32 Å². The second-order valence-corrected chi connectivity index (χ2v) is 5.67. The summed E-state index contributed by atoms with van der Waals surface area (Å²) < 4.78 is 20.6. The molecule has 0 radical (unpaired) electrons. The molecule has 0 aliphatic carbocycles. The van der Waals surface area contributed by atoms with Crippen LogP contribution in [0.25, 0.3) is 0 Å². The lowest BCUT2D eigenvalue weighted by molar-refractivity contribution is 0.428. The van der Waals surface area contributed by atoms with Crippen molar-refractivity contribution in [2.45, 2.75) is 13.0 Å². The van der Waals surface area contributed by atoms with Gasteiger partial charge in [-0.1, -0.05) is 39.7 Å². The molecule has 0 fully saturated rings. The Kier molecular flexibility index (Phi) is 5.02. The summed E-state index contributed by atoms with van der Waals surface area (Å²) in [5.41, 5.74) is 0.742. The van der Waals surface area contributed by atoms with Crippen molar-refractivity contribution in [2.24, 2.45) is 0 Å². The van der Waals surface area contributed by atoms with Crippen LogP contribution in [0.15, 0.2) is 40.9 Å². The summed E-state index contributed by atoms with van der Waals surface area (Å²) in [4.78, 5) is 0. The van der Waals surface area contributed by atoms with Gasteiger partial charge >= 0.3 is 0 Å². The first kappa shape index (κ1) is 15.3. The second-order valence-electron chi connectivity index (χ2n) is 4.35. The number of rotatable bonds is 4. The lowest BCUT2D eigenvalue weighted by Crippen LogP contribution is -2.13. The molecule has 0 spiro atoms. The third-order valence-electron chi connectivity index (χ3n) is 3.00. The molecule has 20 heavy (non-hydrogen) atoms. The number of benzene rings is 2. The van der Waals surface area contributed by atoms with Gasteiger partial charge in [0.05, 0.1) is 5.02 Å². The van der Waals surface area contributed by atoms with Gasteiger partial charge in [0.15, 0.2) is 11.6 Å². The van der Waals surface area contributed by atoms with Crippen LogP contribution in [0.3, 0.4) is 0 Å². The first-order valence-corrected chi connectivity index (χ1v) is 7.28. The Balaban J connectivity index is 2.42. The Morgan fingerprint density at radius 2 is 2.05 bits per heavy atom. The Labute approximate surface area is 131 Å². The SMILES string of the molecule is CNC(C)c1cccc(F)c1Oc1ccc(Br)cc1Cl. The molecule has 5 heteroatoms. The first-order valence-electron chi connectivity index (χ1n) is 6.11. The molecule has 0 heterocycles. The molecule has 2 aromatic carbocycles. The molecule has 1 N–H and O–H groups in total. The maximum absolute atomic E-state index is 14.0. The zero-order valence-electron chi connectivity index (χ0n) is 11.1. The van der Waals surface area contributed by atoms with Gasteiger partial charge in [0.25, 0.3) is 0 Å². The minimum absolute atomic E-state index is 0.0325. The standard InChI is InChI=1S/C15H14BrClFNO/c1-9(19-2)11-4-3-5-13(18)15(11)20-14-7-6-10(16)8-12(14)17/h3-9,19H,1-2H3. The molecule has 0 saturated carbocycles. The minimum Gasteiger partial charge on any atom is -0.452 e. The molecule has 2 nitrogen and oxygen atoms in total. The van der Waals surface area contributed by atoms with E-state index in [9.17, 15) is 4.39 Å². The minimum atomic E-state index is -0.413. The highest BCUT2D eigenvalue weighted by Crippen LogP contribution is 2.36. The molecule has 0 aliphatic rings. The number of halogens is 3. The van der Waals surface area contributed by atoms with E-state index >= 15 is 0 Å². The molecule has 106 valence electrons. The molecule has 1 unspecified atom stereocenters. The third-order valence-corrected chi connectivity index (χ3v) is 3.79. The van der Waals surface area contributed by atoms with E-state index in [0.717, 1.165) is 10.0 Å². The molecule has 0 bridgehead atoms. The van der Waals surface area contributed by atoms with E-state index in [-0.39, 0.29) is 11.8 Å². The molecule has 2 rings (SSSR count). The molecule has 0 aromatic heterocycles. The Morgan fingerprint density at radius 3 is 2.70 bits per heavy atom. The van der Waals surface area contributed by atoms with Gasteiger partial charge in [0, 0.05) is 16.1 Å². The van der Waals surface area contributed by atoms with E-state index in [1.807, 2.05) is 20.0 Å². The van der Waals surface area contributed by atoms with E-state index < -0.39 is 5.82 Å². The summed E-state index contributed by atoms with van der Waals surface area (Å²) in [6.45, 7) is 1.94. The van der Waals surface area contributed by atoms with Crippen LogP contribution >= 0.6 is 27.5 Å². The Bertz CT molecular complexity index is 621. The molecule has 1 atom stereocenters. The van der Waals surface area contributed by atoms with E-state index in [1.54, 1.807) is 24.3 Å². The summed E-state index contributed by atoms with van der Waals surface area (Å²) >= 11 is 9.43. The van der Waals surface area contributed by atoms with E-state index in [0.29, 0.717) is 10.8 Å². The summed E-state index contributed by atoms with van der Waals surface area (Å²) in [6, 6.07) is 10.0. The zero-order valence-corrected chi connectivity index (χ0v) is 13.4. The van der Waals surface area contributed by atoms with Crippen molar-refractivity contribution in [3.63, 3.8) is 0 Å². The molecule has 2 aromatic rings. The van der Waals surface area contributed by atoms with Gasteiger partial charge in [-0.25, -0.2) is 4.39 Å². The van der Waals surface area contributed by atoms with Gasteiger partial charge in [-0.3, -0.25) is 0 Å². The number of para-hydroxylation sites is 1. The molecule has 0 amide bonds. The predicted molar refractivity (Wildman–Crippen MR) is 83.1 cm³/mol. The monoisotopic (exact) mass is 357 g/mol. The second kappa shape index (κ2) is 6.57. The van der Waals surface area contributed by atoms with Crippen LogP contribution in [0.2, 0.25) is 5.02 Å². The lowest BCUT2D eigenvalue weighted by Gasteiger charge is -2.17. The number of hydrogen-bond acceptors (Lipinski definition) is 2. The number of ether oxygens (including phenoxy) is 1. The quantitative estimate of drug-likeness (QED) is 0.799. The molecule has 0 aliphatic heterocycles. The van der Waals surface area contributed by atoms with Gasteiger partial charge in [-0.05, 0) is 38.2 Å². The molecule has 0 saturated heterocycles. The summed E-state index contributed by atoms with van der Waals surface area (Å²) in [7, 11) is 1.81. The van der Waals surface area contributed by atoms with E-state index in [2.05, 4.69) is 21.2 Å². The number of nitrogens with one attached hydrogen (secondary N) is 1. The fraction of sp³-hybridized carbons (Fsp3) is 0.200. The van der Waals surface area contributed by atoms with Crippen molar-refractivity contribution in [1.29, 1.82) is 0 Å². The van der Waals surface area contributed by atoms with Crippen LogP contribution in [0.4, 0.5) is 4.39 Å². The number of hydrogen-bond donors (Lipinski definition) is 1. The van der Waals surface area contributed by atoms with E-state index in [1.165, 1.54) is 6.07 Å². The summed E-state index contributed by atoms with van der Waals surface area (Å²) in [6.07, 6.45) is 0. The van der Waals surface area contributed by atoms with Crippen molar-refractivity contribution in [3.8, 4) is 11.5 Å². The maximum Gasteiger partial charge on any atom is 0.167 e. The van der Waals surface area contributed by atoms with Gasteiger partial charge < -0.3 is 10.1 Å². The Hall–Kier alpha value is -1.10. The van der Waals surface area contributed by atoms with Crippen LogP contribution in [-0.2, 0) is 0 Å². The van der Waals surface area contributed by atoms with Gasteiger partial charge in [-0.15, -0.1) is 0 Å². The normalized spacial score (nSPS) is 12.2. The lowest BCUT2D eigenvalue weighted by atomic mass is 10.1. The van der Waals surface area contributed by atoms with Crippen molar-refractivity contribution in [2.75, 3.05) is 7.05 Å². The largest absolute Gasteiger partial charge is 0.452 e. The highest BCUT2D eigenvalue weighted by atomic mass is 79.9. The first-order chi connectivity index (χ1) is 9.52. The van der Waals surface area contributed by atoms with E-state index in [4.69, 9.17) is 16.3 Å². The maximum atomic E-state index is 14.0. The highest BCUT2D eigenvalue weighted by Gasteiger charge is 2.16. The third kappa shape index (κ3) is 3.32. The fourth-order valence-corrected chi connectivity index (χ4v) is 2.51. The average molecular weight is 359 g/mol. The van der Waals surface area contributed by atoms with Crippen molar-refractivity contribution < 1.29 is 9.13 Å². The van der Waals surface area contributed by atoms with Crippen molar-refractivity contribution >= 4 is 27.5 Å². The van der Waals surface area contributed by atoms with Crippen LogP contribution in [0.5, 0.6) is 11.5 Å². The van der Waals surface area contributed by atoms with Crippen LogP contribution in [0.1, 0.15) is 18.5 Å². The highest BCUT2D eigenvalue weighted by molar-refractivity contribution is 9.10. The van der Waals surface area contributed by atoms with Gasteiger partial charge in [-0.2, -0.15) is 0 Å². The smallest absolute Gasteiger partial charge is 0.167 e. The fourth-order valence-electron chi connectivity index (χ4n) is 1.80. The molecular weight excluding hydrogens is 345 g/mol. The Morgan fingerprint density at radius 1 is 1.30 bits per heavy atom. The predicted octanol–water partition coefficient (Wildman–Crippen LogP) is 5.31. The van der Waals surface area contributed by atoms with Crippen LogP contribution < -0.4 is 10.1 Å². The van der Waals surface area contributed by atoms with Crippen LogP contribution in [-0.4, -0.2) is 7.05 Å². The zero-order chi connectivity index (χ0) is 14.7. The summed E-state index contributed by atoms with van der Waals surface area (Å²) in [5, 5.41) is 3.49. The topological polar surface area (TPSA) is 21.3 Å². The average Bonchev–Trinajstić information content (AvgIpc) is 2.42. The van der Waals surface area contributed by atoms with Gasteiger partial charge in [0.2, 0.25) is 0 Å². The molecular formula is C15H14BrClFNO. The summed E-state index contributed by atoms with van der Waals surface area (Å²) in [5.74, 6) is 0.201. The van der Waals surface area contributed by atoms with Crippen LogP contribution in [0, 0.1) is 5.82 Å². The van der Waals surface area contributed by atoms with Gasteiger partial charge in [0.1, 0.15) is 5.75 Å².